The van der Waals surface area contributed by atoms with E-state index in [0.29, 0.717) is 0 Å². The molecule has 0 bridgehead atoms. The highest BCUT2D eigenvalue weighted by Gasteiger charge is 2.20. The summed E-state index contributed by atoms with van der Waals surface area (Å²) in [6, 6.07) is 4.76. The first-order valence-electron chi connectivity index (χ1n) is 8.66. The highest BCUT2D eigenvalue weighted by Crippen LogP contribution is 2.34. The molecule has 0 aliphatic heterocycles. The number of phenolic OH excluding ortho intramolecular Hbond substituents is 1. The number of aryl methyl sites for hydroxylation is 1. The standard InChI is InChI=1S/C19H29FO/c1-2-3-5-15-8-10-16(11-9-15)6-4-7-17-12-13-19(21)18(20)14-17/h12-16,21H,2-11H2,1H3. The SMILES string of the molecule is CCCCC1CCC(CCCc2ccc(O)c(F)c2)CC1. The zero-order chi connectivity index (χ0) is 15.1. The first kappa shape index (κ1) is 16.3. The van der Waals surface area contributed by atoms with E-state index < -0.39 is 5.82 Å². The number of halogens is 1. The summed E-state index contributed by atoms with van der Waals surface area (Å²) in [5.74, 6) is 1.12. The molecule has 0 spiro atoms. The Kier molecular flexibility index (Phi) is 6.53. The van der Waals surface area contributed by atoms with Crippen molar-refractivity contribution in [3.8, 4) is 5.75 Å². The topological polar surface area (TPSA) is 20.2 Å². The van der Waals surface area contributed by atoms with Crippen molar-refractivity contribution < 1.29 is 9.50 Å². The van der Waals surface area contributed by atoms with Gasteiger partial charge in [0, 0.05) is 0 Å². The Morgan fingerprint density at radius 1 is 1.05 bits per heavy atom. The molecule has 21 heavy (non-hydrogen) atoms. The van der Waals surface area contributed by atoms with Gasteiger partial charge in [0.15, 0.2) is 11.6 Å². The van der Waals surface area contributed by atoms with Crippen LogP contribution in [0.5, 0.6) is 5.75 Å². The number of phenols is 1. The first-order valence-corrected chi connectivity index (χ1v) is 8.66. The van der Waals surface area contributed by atoms with Gasteiger partial charge in [0.25, 0.3) is 0 Å². The van der Waals surface area contributed by atoms with Crippen LogP contribution in [0.25, 0.3) is 0 Å². The molecule has 1 aliphatic rings. The normalized spacial score (nSPS) is 22.4. The summed E-state index contributed by atoms with van der Waals surface area (Å²) in [6.07, 6.45) is 13.1. The third-order valence-corrected chi connectivity index (χ3v) is 5.02. The molecule has 2 heteroatoms. The van der Waals surface area contributed by atoms with Crippen LogP contribution in [0.3, 0.4) is 0 Å². The second-order valence-electron chi connectivity index (χ2n) is 6.71. The Bertz CT molecular complexity index is 422. The zero-order valence-corrected chi connectivity index (χ0v) is 13.3. The van der Waals surface area contributed by atoms with E-state index in [-0.39, 0.29) is 5.75 Å². The Morgan fingerprint density at radius 2 is 1.67 bits per heavy atom. The van der Waals surface area contributed by atoms with E-state index in [0.717, 1.165) is 30.2 Å². The van der Waals surface area contributed by atoms with E-state index in [9.17, 15) is 9.50 Å². The van der Waals surface area contributed by atoms with Crippen molar-refractivity contribution in [3.63, 3.8) is 0 Å². The molecule has 1 aliphatic carbocycles. The van der Waals surface area contributed by atoms with Gasteiger partial charge in [0.1, 0.15) is 0 Å². The molecule has 0 aromatic heterocycles. The fourth-order valence-electron chi connectivity index (χ4n) is 3.60. The van der Waals surface area contributed by atoms with E-state index in [1.54, 1.807) is 0 Å². The lowest BCUT2D eigenvalue weighted by Crippen LogP contribution is -2.14. The van der Waals surface area contributed by atoms with E-state index in [4.69, 9.17) is 0 Å². The van der Waals surface area contributed by atoms with E-state index >= 15 is 0 Å². The molecule has 0 atom stereocenters. The van der Waals surface area contributed by atoms with Crippen LogP contribution in [-0.4, -0.2) is 5.11 Å². The van der Waals surface area contributed by atoms with Gasteiger partial charge in [-0.25, -0.2) is 4.39 Å². The summed E-state index contributed by atoms with van der Waals surface area (Å²) in [5.41, 5.74) is 1.00. The van der Waals surface area contributed by atoms with E-state index in [1.165, 1.54) is 63.5 Å². The smallest absolute Gasteiger partial charge is 0.165 e. The average molecular weight is 292 g/mol. The fraction of sp³-hybridized carbons (Fsp3) is 0.684. The van der Waals surface area contributed by atoms with Crippen LogP contribution in [0.1, 0.15) is 70.3 Å². The molecule has 0 heterocycles. The van der Waals surface area contributed by atoms with Crippen molar-refractivity contribution in [2.45, 2.75) is 71.1 Å². The molecule has 1 nitrogen and oxygen atoms in total. The van der Waals surface area contributed by atoms with Gasteiger partial charge >= 0.3 is 0 Å². The Balaban J connectivity index is 1.64. The molecule has 1 aromatic rings. The summed E-state index contributed by atoms with van der Waals surface area (Å²) in [6.45, 7) is 2.28. The molecule has 0 radical (unpaired) electrons. The average Bonchev–Trinajstić information content (AvgIpc) is 2.50. The highest BCUT2D eigenvalue weighted by atomic mass is 19.1. The lowest BCUT2D eigenvalue weighted by atomic mass is 9.78. The molecular formula is C19H29FO. The lowest BCUT2D eigenvalue weighted by Gasteiger charge is -2.28. The second kappa shape index (κ2) is 8.41. The molecule has 0 amide bonds. The minimum Gasteiger partial charge on any atom is -0.505 e. The summed E-state index contributed by atoms with van der Waals surface area (Å²) >= 11 is 0. The van der Waals surface area contributed by atoms with Gasteiger partial charge < -0.3 is 5.11 Å². The molecule has 2 rings (SSSR count). The maximum absolute atomic E-state index is 13.3. The molecule has 1 aromatic carbocycles. The van der Waals surface area contributed by atoms with Gasteiger partial charge in [0.2, 0.25) is 0 Å². The first-order chi connectivity index (χ1) is 10.2. The summed E-state index contributed by atoms with van der Waals surface area (Å²) in [5, 5.41) is 9.18. The van der Waals surface area contributed by atoms with Gasteiger partial charge in [-0.05, 0) is 42.4 Å². The Hall–Kier alpha value is -1.05. The van der Waals surface area contributed by atoms with Crippen molar-refractivity contribution in [2.75, 3.05) is 0 Å². The number of aromatic hydroxyl groups is 1. The largest absolute Gasteiger partial charge is 0.505 e. The lowest BCUT2D eigenvalue weighted by molar-refractivity contribution is 0.247. The van der Waals surface area contributed by atoms with Crippen LogP contribution < -0.4 is 0 Å². The second-order valence-corrected chi connectivity index (χ2v) is 6.71. The van der Waals surface area contributed by atoms with E-state index in [2.05, 4.69) is 6.92 Å². The van der Waals surface area contributed by atoms with Crippen LogP contribution in [0.2, 0.25) is 0 Å². The maximum Gasteiger partial charge on any atom is 0.165 e. The zero-order valence-electron chi connectivity index (χ0n) is 13.3. The maximum atomic E-state index is 13.3. The molecule has 0 saturated heterocycles. The van der Waals surface area contributed by atoms with Crippen LogP contribution in [0.4, 0.5) is 4.39 Å². The third kappa shape index (κ3) is 5.33. The van der Waals surface area contributed by atoms with Crippen molar-refractivity contribution >= 4 is 0 Å². The molecule has 1 fully saturated rings. The van der Waals surface area contributed by atoms with Crippen molar-refractivity contribution in [1.29, 1.82) is 0 Å². The number of unbranched alkanes of at least 4 members (excludes halogenated alkanes) is 1. The van der Waals surface area contributed by atoms with E-state index in [1.807, 2.05) is 6.07 Å². The molecular weight excluding hydrogens is 263 g/mol. The molecule has 118 valence electrons. The molecule has 1 saturated carbocycles. The summed E-state index contributed by atoms with van der Waals surface area (Å²) < 4.78 is 13.3. The van der Waals surface area contributed by atoms with Crippen molar-refractivity contribution in [1.82, 2.24) is 0 Å². The van der Waals surface area contributed by atoms with Gasteiger partial charge in [0.05, 0.1) is 0 Å². The predicted molar refractivity (Wildman–Crippen MR) is 86.0 cm³/mol. The monoisotopic (exact) mass is 292 g/mol. The number of hydrogen-bond acceptors (Lipinski definition) is 1. The Morgan fingerprint density at radius 3 is 2.24 bits per heavy atom. The predicted octanol–water partition coefficient (Wildman–Crippen LogP) is 5.85. The number of hydrogen-bond donors (Lipinski definition) is 1. The summed E-state index contributed by atoms with van der Waals surface area (Å²) in [7, 11) is 0. The third-order valence-electron chi connectivity index (χ3n) is 5.02. The van der Waals surface area contributed by atoms with Crippen LogP contribution in [0.15, 0.2) is 18.2 Å². The van der Waals surface area contributed by atoms with Crippen LogP contribution >= 0.6 is 0 Å². The highest BCUT2D eigenvalue weighted by molar-refractivity contribution is 5.27. The molecule has 1 N–H and O–H groups in total. The minimum absolute atomic E-state index is 0.246. The van der Waals surface area contributed by atoms with Crippen molar-refractivity contribution in [3.05, 3.63) is 29.6 Å². The van der Waals surface area contributed by atoms with Crippen LogP contribution in [0, 0.1) is 17.7 Å². The van der Waals surface area contributed by atoms with Crippen molar-refractivity contribution in [2.24, 2.45) is 11.8 Å². The summed E-state index contributed by atoms with van der Waals surface area (Å²) in [4.78, 5) is 0. The van der Waals surface area contributed by atoms with Gasteiger partial charge in [-0.3, -0.25) is 0 Å². The molecule has 0 unspecified atom stereocenters. The number of rotatable bonds is 7. The quantitative estimate of drug-likeness (QED) is 0.668. The van der Waals surface area contributed by atoms with Gasteiger partial charge in [-0.15, -0.1) is 0 Å². The Labute approximate surface area is 128 Å². The van der Waals surface area contributed by atoms with Crippen LogP contribution in [-0.2, 0) is 6.42 Å². The van der Waals surface area contributed by atoms with Gasteiger partial charge in [-0.2, -0.15) is 0 Å². The fourth-order valence-corrected chi connectivity index (χ4v) is 3.60. The number of benzene rings is 1. The van der Waals surface area contributed by atoms with Gasteiger partial charge in [-0.1, -0.05) is 64.4 Å². The minimum atomic E-state index is -0.496.